The number of benzene rings is 2. The van der Waals surface area contributed by atoms with Crippen LogP contribution in [0.2, 0.25) is 0 Å². The van der Waals surface area contributed by atoms with Crippen molar-refractivity contribution in [3.8, 4) is 11.5 Å². The molecule has 2 atom stereocenters. The molecule has 0 saturated carbocycles. The summed E-state index contributed by atoms with van der Waals surface area (Å²) in [6.07, 6.45) is 3.56. The minimum absolute atomic E-state index is 0.387. The number of carboxylic acids is 2. The third kappa shape index (κ3) is 11.1. The zero-order chi connectivity index (χ0) is 25.5. The van der Waals surface area contributed by atoms with E-state index in [1.807, 2.05) is 41.7 Å². The summed E-state index contributed by atoms with van der Waals surface area (Å²) in [7, 11) is 1.74. The highest BCUT2D eigenvalue weighted by Crippen LogP contribution is 2.33. The van der Waals surface area contributed by atoms with E-state index >= 15 is 0 Å². The molecule has 0 amide bonds. The Kier molecular flexibility index (Phi) is 13.2. The normalized spacial score (nSPS) is 15.7. The van der Waals surface area contributed by atoms with Gasteiger partial charge in [0.05, 0.1) is 13.2 Å². The number of carbonyl (C=O) groups is 2. The first kappa shape index (κ1) is 28.6. The van der Waals surface area contributed by atoms with E-state index in [-0.39, 0.29) is 0 Å². The van der Waals surface area contributed by atoms with E-state index in [1.165, 1.54) is 22.6 Å². The Morgan fingerprint density at radius 2 is 1.86 bits per heavy atom. The lowest BCUT2D eigenvalue weighted by Crippen LogP contribution is -2.39. The summed E-state index contributed by atoms with van der Waals surface area (Å²) in [5.41, 5.74) is 0. The molecule has 9 heteroatoms. The number of fused-ring (bicyclic) bond motifs is 1. The fourth-order valence-corrected chi connectivity index (χ4v) is 5.52. The maximum atomic E-state index is 9.55. The molecule has 7 nitrogen and oxygen atoms in total. The predicted octanol–water partition coefficient (Wildman–Crippen LogP) is 5.06. The third-order valence-corrected chi connectivity index (χ3v) is 7.54. The Hall–Kier alpha value is -2.62. The first-order valence-electron chi connectivity index (χ1n) is 11.4. The van der Waals surface area contributed by atoms with Crippen LogP contribution in [0.3, 0.4) is 0 Å². The zero-order valence-corrected chi connectivity index (χ0v) is 21.6. The number of methoxy groups -OCH3 is 1. The van der Waals surface area contributed by atoms with Crippen LogP contribution >= 0.6 is 23.5 Å². The minimum atomic E-state index is -1.26. The fourth-order valence-electron chi connectivity index (χ4n) is 3.31. The molecule has 1 aliphatic rings. The number of aliphatic carboxylic acids is 2. The second-order valence-corrected chi connectivity index (χ2v) is 9.92. The molecule has 1 heterocycles. The highest BCUT2D eigenvalue weighted by molar-refractivity contribution is 7.99. The van der Waals surface area contributed by atoms with E-state index in [9.17, 15) is 9.59 Å². The molecule has 0 aliphatic carbocycles. The number of hydrogen-bond acceptors (Lipinski definition) is 7. The van der Waals surface area contributed by atoms with Gasteiger partial charge in [-0.1, -0.05) is 37.6 Å². The second kappa shape index (κ2) is 16.1. The summed E-state index contributed by atoms with van der Waals surface area (Å²) < 4.78 is 11.5. The molecule has 1 aliphatic heterocycles. The van der Waals surface area contributed by atoms with Gasteiger partial charge in [0.1, 0.15) is 18.1 Å². The van der Waals surface area contributed by atoms with Crippen molar-refractivity contribution in [3.05, 3.63) is 60.7 Å². The average Bonchev–Trinajstić information content (AvgIpc) is 3.07. The zero-order valence-electron chi connectivity index (χ0n) is 20.0. The number of rotatable bonds is 11. The van der Waals surface area contributed by atoms with Gasteiger partial charge in [0.25, 0.3) is 0 Å². The van der Waals surface area contributed by atoms with Gasteiger partial charge in [-0.15, -0.1) is 23.5 Å². The second-order valence-electron chi connectivity index (χ2n) is 7.80. The Balaban J connectivity index is 0.000000466. The van der Waals surface area contributed by atoms with E-state index in [2.05, 4.69) is 42.6 Å². The van der Waals surface area contributed by atoms with Crippen molar-refractivity contribution in [1.29, 1.82) is 0 Å². The first-order valence-corrected chi connectivity index (χ1v) is 13.4. The van der Waals surface area contributed by atoms with Gasteiger partial charge < -0.3 is 25.0 Å². The standard InChI is InChI=1S/C22H29NO2S2.C4H4O4/c1-3-8-17(15-26-21-11-6-4-9-19(21)24-2)13-23-18-14-25-20-10-5-7-12-22(20)27-16-18;5-3(6)1-2-4(7)8/h4-7,9-12,17-18,23H,3,8,13-16H2,1-2H3;1-2H,(H,5,6)(H,7,8)/b;2-1-/t17-,18+;/m0./s1. The molecule has 0 radical (unpaired) electrons. The molecule has 3 rings (SSSR count). The van der Waals surface area contributed by atoms with Crippen LogP contribution < -0.4 is 14.8 Å². The van der Waals surface area contributed by atoms with Gasteiger partial charge in [-0.3, -0.25) is 0 Å². The SMILES string of the molecule is CCC[C@@H](CN[C@@H]1COc2ccccc2SC1)CSc1ccccc1OC.O=C(O)/C=C\C(=O)O. The van der Waals surface area contributed by atoms with Gasteiger partial charge in [0.15, 0.2) is 0 Å². The fraction of sp³-hybridized carbons (Fsp3) is 0.385. The molecule has 3 N–H and O–H groups in total. The topological polar surface area (TPSA) is 105 Å². The molecular weight excluding hydrogens is 486 g/mol. The minimum Gasteiger partial charge on any atom is -0.496 e. The van der Waals surface area contributed by atoms with Gasteiger partial charge in [0, 0.05) is 33.4 Å². The van der Waals surface area contributed by atoms with Crippen LogP contribution in [-0.4, -0.2) is 60.0 Å². The molecule has 0 spiro atoms. The van der Waals surface area contributed by atoms with Crippen LogP contribution in [0, 0.1) is 5.92 Å². The lowest BCUT2D eigenvalue weighted by atomic mass is 10.1. The predicted molar refractivity (Wildman–Crippen MR) is 141 cm³/mol. The highest BCUT2D eigenvalue weighted by Gasteiger charge is 2.19. The van der Waals surface area contributed by atoms with Gasteiger partial charge in [-0.05, 0) is 43.1 Å². The number of nitrogens with one attached hydrogen (secondary N) is 1. The van der Waals surface area contributed by atoms with Gasteiger partial charge in [-0.2, -0.15) is 0 Å². The van der Waals surface area contributed by atoms with Crippen molar-refractivity contribution in [2.24, 2.45) is 5.92 Å². The van der Waals surface area contributed by atoms with Crippen LogP contribution in [0.15, 0.2) is 70.5 Å². The third-order valence-electron chi connectivity index (χ3n) is 5.03. The van der Waals surface area contributed by atoms with E-state index < -0.39 is 11.9 Å². The van der Waals surface area contributed by atoms with Crippen LogP contribution in [0.5, 0.6) is 11.5 Å². The molecule has 0 saturated heterocycles. The lowest BCUT2D eigenvalue weighted by Gasteiger charge is -2.21. The van der Waals surface area contributed by atoms with E-state index in [1.54, 1.807) is 7.11 Å². The Morgan fingerprint density at radius 3 is 2.54 bits per heavy atom. The van der Waals surface area contributed by atoms with Crippen LogP contribution in [0.25, 0.3) is 0 Å². The maximum Gasteiger partial charge on any atom is 0.328 e. The Bertz CT molecular complexity index is 925. The van der Waals surface area contributed by atoms with Crippen molar-refractivity contribution in [2.45, 2.75) is 35.6 Å². The number of ether oxygens (including phenoxy) is 2. The number of thioether (sulfide) groups is 2. The average molecular weight is 520 g/mol. The summed E-state index contributed by atoms with van der Waals surface area (Å²) in [6.45, 7) is 4.03. The summed E-state index contributed by atoms with van der Waals surface area (Å²) in [5.74, 6) is 2.26. The molecule has 0 fully saturated rings. The van der Waals surface area contributed by atoms with Gasteiger partial charge in [-0.25, -0.2) is 9.59 Å². The maximum absolute atomic E-state index is 9.55. The number of carboxylic acid groups (broad SMARTS) is 2. The molecule has 2 aromatic carbocycles. The smallest absolute Gasteiger partial charge is 0.328 e. The molecule has 190 valence electrons. The van der Waals surface area contributed by atoms with E-state index in [0.29, 0.717) is 24.1 Å². The quantitative estimate of drug-likeness (QED) is 0.277. The number of para-hydroxylation sites is 2. The molecule has 0 aromatic heterocycles. The van der Waals surface area contributed by atoms with Crippen LogP contribution in [0.1, 0.15) is 19.8 Å². The van der Waals surface area contributed by atoms with Crippen molar-refractivity contribution < 1.29 is 29.3 Å². The van der Waals surface area contributed by atoms with Crippen molar-refractivity contribution in [2.75, 3.05) is 31.8 Å². The largest absolute Gasteiger partial charge is 0.496 e. The summed E-state index contributed by atoms with van der Waals surface area (Å²) >= 11 is 3.79. The van der Waals surface area contributed by atoms with Gasteiger partial charge >= 0.3 is 11.9 Å². The molecule has 0 unspecified atom stereocenters. The monoisotopic (exact) mass is 519 g/mol. The van der Waals surface area contributed by atoms with Crippen LogP contribution in [-0.2, 0) is 9.59 Å². The Morgan fingerprint density at radius 1 is 1.17 bits per heavy atom. The van der Waals surface area contributed by atoms with E-state index in [4.69, 9.17) is 19.7 Å². The Labute approximate surface area is 215 Å². The van der Waals surface area contributed by atoms with Crippen molar-refractivity contribution >= 4 is 35.5 Å². The summed E-state index contributed by atoms with van der Waals surface area (Å²) in [6, 6.07) is 17.0. The van der Waals surface area contributed by atoms with Crippen LogP contribution in [0.4, 0.5) is 0 Å². The summed E-state index contributed by atoms with van der Waals surface area (Å²) in [5, 5.41) is 19.4. The van der Waals surface area contributed by atoms with E-state index in [0.717, 1.165) is 36.2 Å². The lowest BCUT2D eigenvalue weighted by molar-refractivity contribution is -0.134. The van der Waals surface area contributed by atoms with Gasteiger partial charge in [0.2, 0.25) is 0 Å². The first-order chi connectivity index (χ1) is 16.9. The number of hydrogen-bond donors (Lipinski definition) is 3. The highest BCUT2D eigenvalue weighted by atomic mass is 32.2. The molecule has 2 aromatic rings. The summed E-state index contributed by atoms with van der Waals surface area (Å²) in [4.78, 5) is 21.6. The van der Waals surface area contributed by atoms with Crippen molar-refractivity contribution in [3.63, 3.8) is 0 Å². The molecular formula is C26H33NO6S2. The van der Waals surface area contributed by atoms with Crippen molar-refractivity contribution in [1.82, 2.24) is 5.32 Å². The molecule has 35 heavy (non-hydrogen) atoms. The molecule has 0 bridgehead atoms.